The Hall–Kier alpha value is -1.94. The van der Waals surface area contributed by atoms with Gasteiger partial charge in [-0.2, -0.15) is 0 Å². The quantitative estimate of drug-likeness (QED) is 0.374. The Bertz CT molecular complexity index is 574. The number of hydrogen-bond donors (Lipinski definition) is 3. The van der Waals surface area contributed by atoms with E-state index in [9.17, 15) is 15.2 Å². The topological polar surface area (TPSA) is 120 Å². The van der Waals surface area contributed by atoms with E-state index in [0.29, 0.717) is 18.8 Å². The predicted molar refractivity (Wildman–Crippen MR) is 96.7 cm³/mol. The highest BCUT2D eigenvalue weighted by Gasteiger charge is 2.21. The summed E-state index contributed by atoms with van der Waals surface area (Å²) in [7, 11) is 0. The van der Waals surface area contributed by atoms with E-state index >= 15 is 0 Å². The summed E-state index contributed by atoms with van der Waals surface area (Å²) in [5, 5.41) is 39.3. The van der Waals surface area contributed by atoms with Crippen molar-refractivity contribution in [2.24, 2.45) is 0 Å². The SMILES string of the molecule is O=[N+]([O-])c1ccc(N2CCCC2)c(OCC(O)CN(CCO)CCO)c1. The van der Waals surface area contributed by atoms with Crippen molar-refractivity contribution in [3.05, 3.63) is 28.3 Å². The van der Waals surface area contributed by atoms with Gasteiger partial charge in [-0.1, -0.05) is 0 Å². The van der Waals surface area contributed by atoms with Crippen LogP contribution in [-0.4, -0.2) is 83.8 Å². The number of rotatable bonds is 11. The first kappa shape index (κ1) is 20.4. The normalized spacial score (nSPS) is 15.5. The number of nitro benzene ring substituents is 1. The van der Waals surface area contributed by atoms with Gasteiger partial charge >= 0.3 is 0 Å². The molecule has 1 unspecified atom stereocenters. The standard InChI is InChI=1S/C17H27N3O6/c21-9-7-18(8-10-22)12-15(23)13-26-17-11-14(20(24)25)3-4-16(17)19-5-1-2-6-19/h3-4,11,15,21-23H,1-2,5-10,12-13H2. The van der Waals surface area contributed by atoms with Gasteiger partial charge in [0.2, 0.25) is 0 Å². The highest BCUT2D eigenvalue weighted by atomic mass is 16.6. The molecule has 146 valence electrons. The Morgan fingerprint density at radius 1 is 1.23 bits per heavy atom. The van der Waals surface area contributed by atoms with Crippen LogP contribution in [0, 0.1) is 10.1 Å². The third kappa shape index (κ3) is 5.80. The number of hydrogen-bond acceptors (Lipinski definition) is 8. The molecule has 1 aromatic rings. The summed E-state index contributed by atoms with van der Waals surface area (Å²) in [4.78, 5) is 14.4. The minimum atomic E-state index is -0.848. The van der Waals surface area contributed by atoms with E-state index < -0.39 is 11.0 Å². The van der Waals surface area contributed by atoms with E-state index in [1.807, 2.05) is 0 Å². The second-order valence-electron chi connectivity index (χ2n) is 6.32. The van der Waals surface area contributed by atoms with Gasteiger partial charge in [-0.3, -0.25) is 15.0 Å². The smallest absolute Gasteiger partial charge is 0.273 e. The molecule has 0 amide bonds. The van der Waals surface area contributed by atoms with Crippen molar-refractivity contribution >= 4 is 11.4 Å². The molecule has 0 radical (unpaired) electrons. The monoisotopic (exact) mass is 369 g/mol. The van der Waals surface area contributed by atoms with Crippen molar-refractivity contribution in [1.82, 2.24) is 4.90 Å². The van der Waals surface area contributed by atoms with Crippen LogP contribution in [0.3, 0.4) is 0 Å². The van der Waals surface area contributed by atoms with Crippen LogP contribution in [0.25, 0.3) is 0 Å². The second-order valence-corrected chi connectivity index (χ2v) is 6.32. The lowest BCUT2D eigenvalue weighted by Crippen LogP contribution is -2.39. The predicted octanol–water partition coefficient (Wildman–Crippen LogP) is 0.221. The average molecular weight is 369 g/mol. The van der Waals surface area contributed by atoms with Crippen molar-refractivity contribution in [1.29, 1.82) is 0 Å². The summed E-state index contributed by atoms with van der Waals surface area (Å²) in [6.07, 6.45) is 1.28. The van der Waals surface area contributed by atoms with Gasteiger partial charge in [0, 0.05) is 38.8 Å². The maximum Gasteiger partial charge on any atom is 0.273 e. The van der Waals surface area contributed by atoms with Crippen LogP contribution in [0.4, 0.5) is 11.4 Å². The van der Waals surface area contributed by atoms with Crippen molar-refractivity contribution in [2.75, 3.05) is 57.4 Å². The molecule has 1 saturated heterocycles. The molecule has 0 bridgehead atoms. The Kier molecular flexibility index (Phi) is 8.05. The molecule has 3 N–H and O–H groups in total. The summed E-state index contributed by atoms with van der Waals surface area (Å²) in [5.41, 5.74) is 0.738. The van der Waals surface area contributed by atoms with Gasteiger partial charge in [-0.05, 0) is 18.9 Å². The molecule has 9 nitrogen and oxygen atoms in total. The zero-order valence-corrected chi connectivity index (χ0v) is 14.8. The molecular formula is C17H27N3O6. The maximum atomic E-state index is 11.0. The fourth-order valence-corrected chi connectivity index (χ4v) is 3.07. The van der Waals surface area contributed by atoms with E-state index in [4.69, 9.17) is 14.9 Å². The molecule has 0 spiro atoms. The number of aliphatic hydroxyl groups is 3. The van der Waals surface area contributed by atoms with Crippen LogP contribution in [0.1, 0.15) is 12.8 Å². The number of non-ortho nitro benzene ring substituents is 1. The van der Waals surface area contributed by atoms with Gasteiger partial charge in [0.25, 0.3) is 5.69 Å². The van der Waals surface area contributed by atoms with Gasteiger partial charge in [0.1, 0.15) is 18.5 Å². The number of nitro groups is 1. The third-order valence-electron chi connectivity index (χ3n) is 4.33. The zero-order chi connectivity index (χ0) is 18.9. The fourth-order valence-electron chi connectivity index (χ4n) is 3.07. The third-order valence-corrected chi connectivity index (χ3v) is 4.33. The summed E-state index contributed by atoms with van der Waals surface area (Å²) in [5.74, 6) is 0.385. The number of aliphatic hydroxyl groups excluding tert-OH is 3. The van der Waals surface area contributed by atoms with E-state index in [1.165, 1.54) is 12.1 Å². The van der Waals surface area contributed by atoms with Gasteiger partial charge < -0.3 is 25.0 Å². The molecule has 0 saturated carbocycles. The molecular weight excluding hydrogens is 342 g/mol. The first-order valence-electron chi connectivity index (χ1n) is 8.83. The Morgan fingerprint density at radius 3 is 2.46 bits per heavy atom. The molecule has 9 heteroatoms. The second kappa shape index (κ2) is 10.3. The van der Waals surface area contributed by atoms with Crippen LogP contribution >= 0.6 is 0 Å². The largest absolute Gasteiger partial charge is 0.488 e. The van der Waals surface area contributed by atoms with Gasteiger partial charge in [-0.15, -0.1) is 0 Å². The minimum Gasteiger partial charge on any atom is -0.488 e. The van der Waals surface area contributed by atoms with Crippen molar-refractivity contribution in [3.63, 3.8) is 0 Å². The molecule has 26 heavy (non-hydrogen) atoms. The minimum absolute atomic E-state index is 0.0324. The van der Waals surface area contributed by atoms with E-state index in [1.54, 1.807) is 11.0 Å². The highest BCUT2D eigenvalue weighted by Crippen LogP contribution is 2.34. The average Bonchev–Trinajstić information content (AvgIpc) is 3.14. The van der Waals surface area contributed by atoms with Crippen LogP contribution in [-0.2, 0) is 0 Å². The van der Waals surface area contributed by atoms with E-state index in [2.05, 4.69) is 4.90 Å². The Balaban J connectivity index is 2.03. The lowest BCUT2D eigenvalue weighted by molar-refractivity contribution is -0.384. The van der Waals surface area contributed by atoms with E-state index in [0.717, 1.165) is 31.6 Å². The van der Waals surface area contributed by atoms with Gasteiger partial charge in [-0.25, -0.2) is 0 Å². The van der Waals surface area contributed by atoms with Crippen LogP contribution in [0.5, 0.6) is 5.75 Å². The molecule has 1 aliphatic rings. The molecule has 1 atom stereocenters. The van der Waals surface area contributed by atoms with Crippen LogP contribution in [0.15, 0.2) is 18.2 Å². The number of ether oxygens (including phenoxy) is 1. The van der Waals surface area contributed by atoms with Crippen molar-refractivity contribution in [3.8, 4) is 5.75 Å². The number of nitrogens with zero attached hydrogens (tertiary/aromatic N) is 3. The Labute approximate surface area is 152 Å². The molecule has 2 rings (SSSR count). The molecule has 1 aromatic carbocycles. The first-order chi connectivity index (χ1) is 12.5. The summed E-state index contributed by atoms with van der Waals surface area (Å²) in [6.45, 7) is 2.48. The molecule has 1 fully saturated rings. The Morgan fingerprint density at radius 2 is 1.88 bits per heavy atom. The summed E-state index contributed by atoms with van der Waals surface area (Å²) in [6, 6.07) is 4.54. The molecule has 0 aromatic heterocycles. The lowest BCUT2D eigenvalue weighted by atomic mass is 10.2. The molecule has 1 aliphatic heterocycles. The van der Waals surface area contributed by atoms with Crippen molar-refractivity contribution < 1.29 is 25.0 Å². The van der Waals surface area contributed by atoms with Crippen LogP contribution in [0.2, 0.25) is 0 Å². The van der Waals surface area contributed by atoms with Gasteiger partial charge in [0.15, 0.2) is 0 Å². The number of anilines is 1. The highest BCUT2D eigenvalue weighted by molar-refractivity contribution is 5.62. The van der Waals surface area contributed by atoms with Gasteiger partial charge in [0.05, 0.1) is 29.9 Å². The summed E-state index contributed by atoms with van der Waals surface area (Å²) < 4.78 is 5.71. The zero-order valence-electron chi connectivity index (χ0n) is 14.8. The summed E-state index contributed by atoms with van der Waals surface area (Å²) >= 11 is 0. The van der Waals surface area contributed by atoms with Crippen molar-refractivity contribution in [2.45, 2.75) is 18.9 Å². The number of benzene rings is 1. The maximum absolute atomic E-state index is 11.0. The first-order valence-corrected chi connectivity index (χ1v) is 8.83. The lowest BCUT2D eigenvalue weighted by Gasteiger charge is -2.25. The fraction of sp³-hybridized carbons (Fsp3) is 0.647. The van der Waals surface area contributed by atoms with Crippen LogP contribution < -0.4 is 9.64 Å². The van der Waals surface area contributed by atoms with E-state index in [-0.39, 0.29) is 32.1 Å². The molecule has 0 aliphatic carbocycles. The molecule has 1 heterocycles.